The predicted octanol–water partition coefficient (Wildman–Crippen LogP) is 5.19. The topological polar surface area (TPSA) is 69.7 Å². The summed E-state index contributed by atoms with van der Waals surface area (Å²) in [5.41, 5.74) is 2.40. The number of ether oxygens (including phenoxy) is 1. The SMILES string of the molecule is O=C(OCc1ccccc1)c1ccc(N(CCc2cccc(Cl)c2Cl)S(=O)[O-])cc1. The van der Waals surface area contributed by atoms with Gasteiger partial charge in [-0.1, -0.05) is 65.7 Å². The molecule has 1 atom stereocenters. The minimum absolute atomic E-state index is 0.165. The molecule has 0 aliphatic carbocycles. The summed E-state index contributed by atoms with van der Waals surface area (Å²) in [5, 5.41) is 0.828. The first-order valence-corrected chi connectivity index (χ1v) is 10.9. The highest BCUT2D eigenvalue weighted by Gasteiger charge is 2.13. The van der Waals surface area contributed by atoms with Gasteiger partial charge in [0.15, 0.2) is 0 Å². The molecule has 0 amide bonds. The monoisotopic (exact) mass is 462 g/mol. The van der Waals surface area contributed by atoms with Crippen LogP contribution in [0.4, 0.5) is 5.69 Å². The normalized spacial score (nSPS) is 11.7. The van der Waals surface area contributed by atoms with Crippen LogP contribution < -0.4 is 4.31 Å². The van der Waals surface area contributed by atoms with Crippen molar-refractivity contribution in [2.75, 3.05) is 10.8 Å². The maximum Gasteiger partial charge on any atom is 0.338 e. The number of benzene rings is 3. The summed E-state index contributed by atoms with van der Waals surface area (Å²) in [6, 6.07) is 20.8. The van der Waals surface area contributed by atoms with Crippen LogP contribution in [0.2, 0.25) is 10.0 Å². The zero-order valence-corrected chi connectivity index (χ0v) is 18.1. The molecule has 8 heteroatoms. The van der Waals surface area contributed by atoms with Crippen molar-refractivity contribution in [1.29, 1.82) is 0 Å². The Kier molecular flexibility index (Phi) is 7.87. The molecular formula is C22H18Cl2NO4S-. The number of anilines is 1. The van der Waals surface area contributed by atoms with Crippen LogP contribution >= 0.6 is 23.2 Å². The molecule has 3 rings (SSSR count). The lowest BCUT2D eigenvalue weighted by atomic mass is 10.1. The molecule has 1 unspecified atom stereocenters. The number of halogens is 2. The quantitative estimate of drug-likeness (QED) is 0.341. The lowest BCUT2D eigenvalue weighted by Gasteiger charge is -2.26. The van der Waals surface area contributed by atoms with Crippen LogP contribution in [0.1, 0.15) is 21.5 Å². The maximum atomic E-state index is 12.2. The van der Waals surface area contributed by atoms with Crippen LogP contribution in [0.5, 0.6) is 0 Å². The molecular weight excluding hydrogens is 445 g/mol. The molecule has 0 saturated carbocycles. The minimum Gasteiger partial charge on any atom is -0.755 e. The van der Waals surface area contributed by atoms with Crippen LogP contribution in [-0.4, -0.2) is 21.3 Å². The molecule has 0 aliphatic heterocycles. The summed E-state index contributed by atoms with van der Waals surface area (Å²) in [7, 11) is 0. The molecule has 156 valence electrons. The Morgan fingerprint density at radius 2 is 1.67 bits per heavy atom. The van der Waals surface area contributed by atoms with E-state index in [1.807, 2.05) is 30.3 Å². The summed E-state index contributed by atoms with van der Waals surface area (Å²) in [6.07, 6.45) is 0.383. The van der Waals surface area contributed by atoms with Crippen LogP contribution in [0.3, 0.4) is 0 Å². The number of carbonyl (C=O) groups is 1. The van der Waals surface area contributed by atoms with E-state index in [1.165, 1.54) is 16.4 Å². The van der Waals surface area contributed by atoms with Gasteiger partial charge in [-0.2, -0.15) is 0 Å². The third-order valence-corrected chi connectivity index (χ3v) is 6.01. The first kappa shape index (κ1) is 22.3. The van der Waals surface area contributed by atoms with Crippen molar-refractivity contribution in [1.82, 2.24) is 0 Å². The highest BCUT2D eigenvalue weighted by atomic mass is 35.5. The average molecular weight is 463 g/mol. The van der Waals surface area contributed by atoms with Crippen molar-refractivity contribution < 1.29 is 18.3 Å². The highest BCUT2D eigenvalue weighted by molar-refractivity contribution is 7.80. The Morgan fingerprint density at radius 3 is 2.33 bits per heavy atom. The van der Waals surface area contributed by atoms with E-state index in [9.17, 15) is 13.6 Å². The van der Waals surface area contributed by atoms with Gasteiger partial charge >= 0.3 is 5.97 Å². The van der Waals surface area contributed by atoms with Gasteiger partial charge in [-0.3, -0.25) is 4.21 Å². The molecule has 0 saturated heterocycles. The number of hydrogen-bond donors (Lipinski definition) is 0. The third-order valence-electron chi connectivity index (χ3n) is 4.40. The van der Waals surface area contributed by atoms with E-state index >= 15 is 0 Å². The second-order valence-electron chi connectivity index (χ2n) is 6.39. The first-order valence-electron chi connectivity index (χ1n) is 9.06. The van der Waals surface area contributed by atoms with E-state index in [0.717, 1.165) is 11.1 Å². The average Bonchev–Trinajstić information content (AvgIpc) is 2.76. The third kappa shape index (κ3) is 5.83. The van der Waals surface area contributed by atoms with Gasteiger partial charge in [0.1, 0.15) is 6.61 Å². The largest absolute Gasteiger partial charge is 0.755 e. The zero-order valence-electron chi connectivity index (χ0n) is 15.8. The Morgan fingerprint density at radius 1 is 0.967 bits per heavy atom. The molecule has 0 heterocycles. The molecule has 0 N–H and O–H groups in total. The Balaban J connectivity index is 1.65. The summed E-state index contributed by atoms with van der Waals surface area (Å²) < 4.78 is 29.9. The van der Waals surface area contributed by atoms with Crippen LogP contribution in [0, 0.1) is 0 Å². The van der Waals surface area contributed by atoms with E-state index in [1.54, 1.807) is 30.3 Å². The number of rotatable bonds is 8. The van der Waals surface area contributed by atoms with E-state index < -0.39 is 17.2 Å². The van der Waals surface area contributed by atoms with Crippen molar-refractivity contribution >= 4 is 46.1 Å². The lowest BCUT2D eigenvalue weighted by Crippen LogP contribution is -2.28. The maximum absolute atomic E-state index is 12.2. The molecule has 30 heavy (non-hydrogen) atoms. The lowest BCUT2D eigenvalue weighted by molar-refractivity contribution is 0.0472. The van der Waals surface area contributed by atoms with E-state index in [4.69, 9.17) is 27.9 Å². The van der Waals surface area contributed by atoms with Crippen LogP contribution in [0.25, 0.3) is 0 Å². The van der Waals surface area contributed by atoms with Crippen molar-refractivity contribution in [2.24, 2.45) is 0 Å². The van der Waals surface area contributed by atoms with Gasteiger partial charge in [0.25, 0.3) is 0 Å². The molecule has 0 aromatic heterocycles. The summed E-state index contributed by atoms with van der Waals surface area (Å²) >= 11 is 9.69. The second kappa shape index (κ2) is 10.6. The van der Waals surface area contributed by atoms with Crippen molar-refractivity contribution in [3.05, 3.63) is 99.5 Å². The summed E-state index contributed by atoms with van der Waals surface area (Å²) in [4.78, 5) is 12.2. The molecule has 3 aromatic carbocycles. The van der Waals surface area contributed by atoms with Crippen LogP contribution in [-0.2, 0) is 29.0 Å². The molecule has 5 nitrogen and oxygen atoms in total. The Labute approximate surface area is 187 Å². The smallest absolute Gasteiger partial charge is 0.338 e. The number of nitrogens with zero attached hydrogens (tertiary/aromatic N) is 1. The van der Waals surface area contributed by atoms with Gasteiger partial charge < -0.3 is 13.6 Å². The van der Waals surface area contributed by atoms with E-state index in [-0.39, 0.29) is 13.2 Å². The minimum atomic E-state index is -2.49. The number of hydrogen-bond acceptors (Lipinski definition) is 4. The number of carbonyl (C=O) groups excluding carboxylic acids is 1. The molecule has 0 radical (unpaired) electrons. The predicted molar refractivity (Wildman–Crippen MR) is 118 cm³/mol. The molecule has 0 bridgehead atoms. The van der Waals surface area contributed by atoms with Crippen LogP contribution in [0.15, 0.2) is 72.8 Å². The standard InChI is InChI=1S/C22H19Cl2NO4S/c23-20-8-4-7-17(21(20)24)13-14-25(30(27)28)19-11-9-18(10-12-19)22(26)29-15-16-5-2-1-3-6-16/h1-12H,13-15H2,(H,27,28)/p-1. The van der Waals surface area contributed by atoms with Crippen molar-refractivity contribution in [2.45, 2.75) is 13.0 Å². The fourth-order valence-corrected chi connectivity index (χ4v) is 3.77. The van der Waals surface area contributed by atoms with Gasteiger partial charge in [-0.25, -0.2) is 4.79 Å². The summed E-state index contributed by atoms with van der Waals surface area (Å²) in [6.45, 7) is 0.340. The van der Waals surface area contributed by atoms with Gasteiger partial charge in [-0.15, -0.1) is 0 Å². The second-order valence-corrected chi connectivity index (χ2v) is 8.05. The molecule has 0 fully saturated rings. The molecule has 3 aromatic rings. The van der Waals surface area contributed by atoms with E-state index in [0.29, 0.717) is 27.7 Å². The van der Waals surface area contributed by atoms with Gasteiger partial charge in [-0.05, 0) is 47.9 Å². The van der Waals surface area contributed by atoms with E-state index in [2.05, 4.69) is 0 Å². The Hall–Kier alpha value is -2.38. The van der Waals surface area contributed by atoms with Crippen molar-refractivity contribution in [3.8, 4) is 0 Å². The van der Waals surface area contributed by atoms with Gasteiger partial charge in [0.2, 0.25) is 0 Å². The van der Waals surface area contributed by atoms with Crippen molar-refractivity contribution in [3.63, 3.8) is 0 Å². The first-order chi connectivity index (χ1) is 14.5. The summed E-state index contributed by atoms with van der Waals surface area (Å²) in [5.74, 6) is -0.481. The fourth-order valence-electron chi connectivity index (χ4n) is 2.82. The fraction of sp³-hybridized carbons (Fsp3) is 0.136. The number of esters is 1. The highest BCUT2D eigenvalue weighted by Crippen LogP contribution is 2.27. The van der Waals surface area contributed by atoms with Gasteiger partial charge in [0, 0.05) is 23.5 Å². The molecule has 0 spiro atoms. The van der Waals surface area contributed by atoms with Gasteiger partial charge in [0.05, 0.1) is 15.6 Å². The molecule has 0 aliphatic rings. The zero-order chi connectivity index (χ0) is 21.5. The Bertz CT molecular complexity index is 1030.